The van der Waals surface area contributed by atoms with E-state index in [1.165, 1.54) is 0 Å². The maximum atomic E-state index is 10.1. The predicted molar refractivity (Wildman–Crippen MR) is 34.3 cm³/mol. The Morgan fingerprint density at radius 1 is 1.33 bits per heavy atom. The molecular weight excluding hydrogens is 116 g/mol. The molecule has 0 amide bonds. The van der Waals surface area contributed by atoms with Gasteiger partial charge in [0.25, 0.3) is 0 Å². The fourth-order valence-corrected chi connectivity index (χ4v) is 0.306. The van der Waals surface area contributed by atoms with Crippen molar-refractivity contribution in [2.45, 2.75) is 20.8 Å². The summed E-state index contributed by atoms with van der Waals surface area (Å²) in [6.45, 7) is 8.71. The number of hydrogen-bond acceptors (Lipinski definition) is 1. The van der Waals surface area contributed by atoms with Gasteiger partial charge in [-0.2, -0.15) is 0 Å². The lowest BCUT2D eigenvalue weighted by Gasteiger charge is -2.16. The van der Waals surface area contributed by atoms with Crippen LogP contribution >= 0.6 is 0 Å². The smallest absolute Gasteiger partial charge is 0.242 e. The topological polar surface area (TPSA) is 37.0 Å². The SMILES string of the molecule is C=C(C([O])=O)C(C)(C)C. The maximum absolute atomic E-state index is 10.1. The number of carbonyl (C=O) groups excluding carboxylic acids is 1. The third kappa shape index (κ3) is 2.31. The Hall–Kier alpha value is -0.790. The van der Waals surface area contributed by atoms with E-state index in [0.717, 1.165) is 0 Å². The summed E-state index contributed by atoms with van der Waals surface area (Å²) in [4.78, 5) is 10.1. The van der Waals surface area contributed by atoms with E-state index in [-0.39, 0.29) is 11.0 Å². The Kier molecular flexibility index (Phi) is 2.02. The predicted octanol–water partition coefficient (Wildman–Crippen LogP) is 1.55. The first-order chi connectivity index (χ1) is 3.85. The van der Waals surface area contributed by atoms with Crippen LogP contribution in [-0.2, 0) is 9.90 Å². The molecule has 0 saturated carbocycles. The zero-order chi connectivity index (χ0) is 7.65. The molecule has 0 aromatic rings. The third-order valence-corrected chi connectivity index (χ3v) is 1.15. The van der Waals surface area contributed by atoms with E-state index < -0.39 is 5.97 Å². The molecule has 0 spiro atoms. The summed E-state index contributed by atoms with van der Waals surface area (Å²) in [5.74, 6) is -1.16. The molecule has 0 saturated heterocycles. The Bertz CT molecular complexity index is 139. The van der Waals surface area contributed by atoms with Gasteiger partial charge in [0.2, 0.25) is 0 Å². The van der Waals surface area contributed by atoms with Gasteiger partial charge in [-0.15, -0.1) is 0 Å². The van der Waals surface area contributed by atoms with E-state index >= 15 is 0 Å². The monoisotopic (exact) mass is 127 g/mol. The van der Waals surface area contributed by atoms with Crippen LogP contribution in [0, 0.1) is 5.41 Å². The third-order valence-electron chi connectivity index (χ3n) is 1.15. The number of carbonyl (C=O) groups is 1. The summed E-state index contributed by atoms with van der Waals surface area (Å²) in [5.41, 5.74) is -0.235. The molecule has 2 nitrogen and oxygen atoms in total. The lowest BCUT2D eigenvalue weighted by molar-refractivity contribution is -0.139. The molecule has 0 aliphatic rings. The first-order valence-electron chi connectivity index (χ1n) is 2.76. The molecule has 0 aromatic heterocycles. The minimum absolute atomic E-state index is 0.141. The molecule has 0 heterocycles. The molecule has 0 fully saturated rings. The summed E-state index contributed by atoms with van der Waals surface area (Å²) in [7, 11) is 0. The zero-order valence-electron chi connectivity index (χ0n) is 6.02. The van der Waals surface area contributed by atoms with E-state index in [4.69, 9.17) is 0 Å². The van der Waals surface area contributed by atoms with Crippen LogP contribution in [0.4, 0.5) is 0 Å². The molecule has 0 aromatic carbocycles. The highest BCUT2D eigenvalue weighted by Crippen LogP contribution is 2.22. The fourth-order valence-electron chi connectivity index (χ4n) is 0.306. The van der Waals surface area contributed by atoms with Crippen molar-refractivity contribution in [3.8, 4) is 0 Å². The van der Waals surface area contributed by atoms with Gasteiger partial charge in [0, 0.05) is 5.57 Å². The van der Waals surface area contributed by atoms with Gasteiger partial charge in [-0.3, -0.25) is 0 Å². The first kappa shape index (κ1) is 8.21. The molecule has 0 unspecified atom stereocenters. The van der Waals surface area contributed by atoms with Gasteiger partial charge in [-0.1, -0.05) is 27.4 Å². The zero-order valence-corrected chi connectivity index (χ0v) is 6.02. The molecule has 0 N–H and O–H groups in total. The normalized spacial score (nSPS) is 11.0. The minimum atomic E-state index is -1.16. The van der Waals surface area contributed by atoms with Crippen LogP contribution in [0.5, 0.6) is 0 Å². The van der Waals surface area contributed by atoms with Gasteiger partial charge in [0.05, 0.1) is 0 Å². The molecule has 2 heteroatoms. The van der Waals surface area contributed by atoms with Gasteiger partial charge < -0.3 is 0 Å². The van der Waals surface area contributed by atoms with Crippen molar-refractivity contribution in [3.63, 3.8) is 0 Å². The standard InChI is InChI=1S/C7H11O2/c1-5(6(8)9)7(2,3)4/h1H2,2-4H3. The van der Waals surface area contributed by atoms with Crippen LogP contribution in [0.25, 0.3) is 0 Å². The van der Waals surface area contributed by atoms with Crippen LogP contribution in [0.1, 0.15) is 20.8 Å². The molecule has 0 rings (SSSR count). The van der Waals surface area contributed by atoms with Crippen LogP contribution in [0.2, 0.25) is 0 Å². The summed E-state index contributed by atoms with van der Waals surface area (Å²) < 4.78 is 0. The Morgan fingerprint density at radius 3 is 1.67 bits per heavy atom. The Morgan fingerprint density at radius 2 is 1.67 bits per heavy atom. The second kappa shape index (κ2) is 2.21. The summed E-state index contributed by atoms with van der Waals surface area (Å²) in [6.07, 6.45) is 0. The molecule has 0 bridgehead atoms. The molecule has 1 radical (unpaired) electrons. The number of rotatable bonds is 1. The largest absolute Gasteiger partial charge is 0.382 e. The van der Waals surface area contributed by atoms with Crippen LogP contribution < -0.4 is 0 Å². The summed E-state index contributed by atoms with van der Waals surface area (Å²) in [5, 5.41) is 10.1. The molecule has 0 aliphatic heterocycles. The highest BCUT2D eigenvalue weighted by Gasteiger charge is 2.21. The van der Waals surface area contributed by atoms with E-state index in [1.807, 2.05) is 0 Å². The molecular formula is C7H11O2. The van der Waals surface area contributed by atoms with Crippen molar-refractivity contribution in [3.05, 3.63) is 12.2 Å². The van der Waals surface area contributed by atoms with Crippen molar-refractivity contribution in [1.29, 1.82) is 0 Å². The van der Waals surface area contributed by atoms with E-state index in [9.17, 15) is 9.90 Å². The quantitative estimate of drug-likeness (QED) is 0.492. The van der Waals surface area contributed by atoms with Crippen LogP contribution in [0.15, 0.2) is 12.2 Å². The lowest BCUT2D eigenvalue weighted by Crippen LogP contribution is -2.15. The fraction of sp³-hybridized carbons (Fsp3) is 0.571. The second-order valence-corrected chi connectivity index (χ2v) is 3.02. The van der Waals surface area contributed by atoms with Crippen molar-refractivity contribution < 1.29 is 9.90 Å². The van der Waals surface area contributed by atoms with Crippen LogP contribution in [0.3, 0.4) is 0 Å². The van der Waals surface area contributed by atoms with Gasteiger partial charge in [-0.25, -0.2) is 9.90 Å². The first-order valence-corrected chi connectivity index (χ1v) is 2.76. The highest BCUT2D eigenvalue weighted by atomic mass is 16.4. The van der Waals surface area contributed by atoms with Gasteiger partial charge in [-0.05, 0) is 5.41 Å². The van der Waals surface area contributed by atoms with Crippen molar-refractivity contribution >= 4 is 5.97 Å². The Balaban J connectivity index is 4.23. The average Bonchev–Trinajstić information content (AvgIpc) is 1.62. The molecule has 9 heavy (non-hydrogen) atoms. The maximum Gasteiger partial charge on any atom is 0.382 e. The van der Waals surface area contributed by atoms with Gasteiger partial charge in [0.1, 0.15) is 0 Å². The molecule has 51 valence electrons. The second-order valence-electron chi connectivity index (χ2n) is 3.02. The van der Waals surface area contributed by atoms with Crippen molar-refractivity contribution in [2.24, 2.45) is 5.41 Å². The lowest BCUT2D eigenvalue weighted by atomic mass is 9.88. The summed E-state index contributed by atoms with van der Waals surface area (Å²) >= 11 is 0. The highest BCUT2D eigenvalue weighted by molar-refractivity contribution is 5.86. The molecule has 0 atom stereocenters. The molecule has 0 aliphatic carbocycles. The van der Waals surface area contributed by atoms with E-state index in [1.54, 1.807) is 20.8 Å². The average molecular weight is 127 g/mol. The summed E-state index contributed by atoms with van der Waals surface area (Å²) in [6, 6.07) is 0. The van der Waals surface area contributed by atoms with Crippen LogP contribution in [-0.4, -0.2) is 5.97 Å². The van der Waals surface area contributed by atoms with E-state index in [0.29, 0.717) is 0 Å². The van der Waals surface area contributed by atoms with Gasteiger partial charge >= 0.3 is 5.97 Å². The minimum Gasteiger partial charge on any atom is -0.242 e. The van der Waals surface area contributed by atoms with Gasteiger partial charge in [0.15, 0.2) is 0 Å². The van der Waals surface area contributed by atoms with Crippen molar-refractivity contribution in [2.75, 3.05) is 0 Å². The number of hydrogen-bond donors (Lipinski definition) is 0. The Labute approximate surface area is 55.2 Å². The van der Waals surface area contributed by atoms with E-state index in [2.05, 4.69) is 6.58 Å². The van der Waals surface area contributed by atoms with Crippen molar-refractivity contribution in [1.82, 2.24) is 0 Å².